The van der Waals surface area contributed by atoms with E-state index in [-0.39, 0.29) is 5.91 Å². The quantitative estimate of drug-likeness (QED) is 0.759. The van der Waals surface area contributed by atoms with Gasteiger partial charge in [-0.15, -0.1) is 0 Å². The number of aromatic amines is 1. The summed E-state index contributed by atoms with van der Waals surface area (Å²) in [6.45, 7) is 0. The first kappa shape index (κ1) is 11.9. The second-order valence-electron chi connectivity index (χ2n) is 4.07. The van der Waals surface area contributed by atoms with Gasteiger partial charge in [0, 0.05) is 10.0 Å². The number of rotatable bonds is 2. The fourth-order valence-electron chi connectivity index (χ4n) is 1.83. The summed E-state index contributed by atoms with van der Waals surface area (Å²) < 4.78 is 0.853. The van der Waals surface area contributed by atoms with Gasteiger partial charge in [0.2, 0.25) is 0 Å². The highest BCUT2D eigenvalue weighted by molar-refractivity contribution is 9.10. The average Bonchev–Trinajstić information content (AvgIpc) is 2.88. The number of hydrogen-bond donors (Lipinski definition) is 2. The molecule has 94 valence electrons. The van der Waals surface area contributed by atoms with E-state index < -0.39 is 0 Å². The molecule has 0 unspecified atom stereocenters. The molecule has 4 nitrogen and oxygen atoms in total. The zero-order chi connectivity index (χ0) is 13.2. The number of para-hydroxylation sites is 1. The number of anilines is 1. The zero-order valence-electron chi connectivity index (χ0n) is 9.85. The minimum Gasteiger partial charge on any atom is -0.345 e. The maximum atomic E-state index is 12.2. The highest BCUT2D eigenvalue weighted by Crippen LogP contribution is 2.22. The molecule has 0 saturated heterocycles. The van der Waals surface area contributed by atoms with Crippen LogP contribution in [-0.2, 0) is 0 Å². The van der Waals surface area contributed by atoms with Crippen molar-refractivity contribution in [3.63, 3.8) is 0 Å². The van der Waals surface area contributed by atoms with Crippen LogP contribution in [0.15, 0.2) is 53.3 Å². The molecule has 1 amide bonds. The first-order valence-corrected chi connectivity index (χ1v) is 6.52. The third kappa shape index (κ3) is 2.37. The molecule has 1 heterocycles. The van der Waals surface area contributed by atoms with Crippen LogP contribution in [0.3, 0.4) is 0 Å². The molecule has 3 aromatic rings. The van der Waals surface area contributed by atoms with Gasteiger partial charge in [0.15, 0.2) is 0 Å². The Morgan fingerprint density at radius 2 is 2.05 bits per heavy atom. The fraction of sp³-hybridized carbons (Fsp3) is 0. The van der Waals surface area contributed by atoms with E-state index >= 15 is 0 Å². The highest BCUT2D eigenvalue weighted by atomic mass is 79.9. The van der Waals surface area contributed by atoms with Gasteiger partial charge in [-0.1, -0.05) is 12.1 Å². The Labute approximate surface area is 118 Å². The second-order valence-corrected chi connectivity index (χ2v) is 4.92. The van der Waals surface area contributed by atoms with E-state index in [9.17, 15) is 4.79 Å². The Morgan fingerprint density at radius 3 is 2.89 bits per heavy atom. The minimum atomic E-state index is -0.150. The normalized spacial score (nSPS) is 10.6. The van der Waals surface area contributed by atoms with Crippen LogP contribution in [-0.4, -0.2) is 15.9 Å². The predicted octanol–water partition coefficient (Wildman–Crippen LogP) is 3.58. The van der Waals surface area contributed by atoms with Crippen molar-refractivity contribution in [3.8, 4) is 0 Å². The van der Waals surface area contributed by atoms with E-state index in [0.717, 1.165) is 21.2 Å². The third-order valence-electron chi connectivity index (χ3n) is 2.80. The Kier molecular flexibility index (Phi) is 3.05. The maximum Gasteiger partial charge on any atom is 0.255 e. The van der Waals surface area contributed by atoms with Crippen molar-refractivity contribution in [2.24, 2.45) is 0 Å². The standard InChI is InChI=1S/C14H10BrN3O/c15-10-3-1-2-4-11(10)18-14(19)9-5-6-12-13(7-9)17-8-16-12/h1-8H,(H,16,17)(H,18,19). The van der Waals surface area contributed by atoms with E-state index in [2.05, 4.69) is 31.2 Å². The van der Waals surface area contributed by atoms with Gasteiger partial charge in [0.1, 0.15) is 0 Å². The summed E-state index contributed by atoms with van der Waals surface area (Å²) >= 11 is 3.40. The smallest absolute Gasteiger partial charge is 0.255 e. The molecule has 0 fully saturated rings. The maximum absolute atomic E-state index is 12.2. The number of aromatic nitrogens is 2. The molecule has 0 bridgehead atoms. The number of carbonyl (C=O) groups excluding carboxylic acids is 1. The Hall–Kier alpha value is -2.14. The van der Waals surface area contributed by atoms with Crippen LogP contribution in [0.25, 0.3) is 11.0 Å². The molecule has 2 N–H and O–H groups in total. The Morgan fingerprint density at radius 1 is 1.21 bits per heavy atom. The van der Waals surface area contributed by atoms with Crippen LogP contribution >= 0.6 is 15.9 Å². The summed E-state index contributed by atoms with van der Waals surface area (Å²) in [6, 6.07) is 12.9. The van der Waals surface area contributed by atoms with Gasteiger partial charge in [-0.25, -0.2) is 4.98 Å². The number of amides is 1. The summed E-state index contributed by atoms with van der Waals surface area (Å²) in [4.78, 5) is 19.3. The first-order chi connectivity index (χ1) is 9.24. The summed E-state index contributed by atoms with van der Waals surface area (Å²) in [5, 5.41) is 2.86. The zero-order valence-corrected chi connectivity index (χ0v) is 11.4. The number of H-pyrrole nitrogens is 1. The molecule has 3 rings (SSSR count). The molecule has 19 heavy (non-hydrogen) atoms. The lowest BCUT2D eigenvalue weighted by atomic mass is 10.2. The van der Waals surface area contributed by atoms with Crippen molar-refractivity contribution in [2.75, 3.05) is 5.32 Å². The van der Waals surface area contributed by atoms with Gasteiger partial charge in [0.25, 0.3) is 5.91 Å². The van der Waals surface area contributed by atoms with Crippen molar-refractivity contribution < 1.29 is 4.79 Å². The van der Waals surface area contributed by atoms with Crippen LogP contribution in [0.4, 0.5) is 5.69 Å². The Balaban J connectivity index is 1.89. The van der Waals surface area contributed by atoms with Crippen molar-refractivity contribution in [2.45, 2.75) is 0 Å². The lowest BCUT2D eigenvalue weighted by molar-refractivity contribution is 0.102. The molecule has 0 aliphatic carbocycles. The van der Waals surface area contributed by atoms with Crippen molar-refractivity contribution in [1.29, 1.82) is 0 Å². The van der Waals surface area contributed by atoms with Crippen LogP contribution in [0, 0.1) is 0 Å². The molecule has 0 saturated carbocycles. The number of nitrogens with zero attached hydrogens (tertiary/aromatic N) is 1. The van der Waals surface area contributed by atoms with Crippen LogP contribution in [0.1, 0.15) is 10.4 Å². The number of imidazole rings is 1. The lowest BCUT2D eigenvalue weighted by Crippen LogP contribution is -2.12. The van der Waals surface area contributed by atoms with Gasteiger partial charge < -0.3 is 10.3 Å². The molecule has 0 atom stereocenters. The largest absolute Gasteiger partial charge is 0.345 e. The number of benzene rings is 2. The lowest BCUT2D eigenvalue weighted by Gasteiger charge is -2.07. The summed E-state index contributed by atoms with van der Waals surface area (Å²) in [6.07, 6.45) is 1.61. The van der Waals surface area contributed by atoms with Crippen molar-refractivity contribution in [3.05, 3.63) is 58.8 Å². The van der Waals surface area contributed by atoms with Crippen LogP contribution in [0.5, 0.6) is 0 Å². The molecule has 0 aliphatic rings. The van der Waals surface area contributed by atoms with Crippen molar-refractivity contribution >= 4 is 38.6 Å². The molecule has 2 aromatic carbocycles. The first-order valence-electron chi connectivity index (χ1n) is 5.73. The topological polar surface area (TPSA) is 57.8 Å². The van der Waals surface area contributed by atoms with E-state index in [1.54, 1.807) is 18.5 Å². The summed E-state index contributed by atoms with van der Waals surface area (Å²) in [5.74, 6) is -0.150. The third-order valence-corrected chi connectivity index (χ3v) is 3.50. The number of hydrogen-bond acceptors (Lipinski definition) is 2. The number of fused-ring (bicyclic) bond motifs is 1. The minimum absolute atomic E-state index is 0.150. The van der Waals surface area contributed by atoms with Gasteiger partial charge in [0.05, 0.1) is 23.0 Å². The van der Waals surface area contributed by atoms with Gasteiger partial charge in [-0.05, 0) is 46.3 Å². The van der Waals surface area contributed by atoms with Gasteiger partial charge in [-0.2, -0.15) is 0 Å². The SMILES string of the molecule is O=C(Nc1ccccc1Br)c1ccc2nc[nH]c2c1. The van der Waals surface area contributed by atoms with E-state index in [0.29, 0.717) is 5.56 Å². The predicted molar refractivity (Wildman–Crippen MR) is 78.2 cm³/mol. The molecule has 0 spiro atoms. The number of carbonyl (C=O) groups is 1. The monoisotopic (exact) mass is 315 g/mol. The molecule has 0 aliphatic heterocycles. The molecule has 0 radical (unpaired) electrons. The second kappa shape index (κ2) is 4.85. The van der Waals surface area contributed by atoms with Crippen LogP contribution in [0.2, 0.25) is 0 Å². The van der Waals surface area contributed by atoms with Crippen LogP contribution < -0.4 is 5.32 Å². The molecule has 5 heteroatoms. The van der Waals surface area contributed by atoms with Crippen molar-refractivity contribution in [1.82, 2.24) is 9.97 Å². The number of halogens is 1. The molecule has 1 aromatic heterocycles. The van der Waals surface area contributed by atoms with Gasteiger partial charge in [-0.3, -0.25) is 4.79 Å². The Bertz CT molecular complexity index is 751. The van der Waals surface area contributed by atoms with E-state index in [1.807, 2.05) is 30.3 Å². The highest BCUT2D eigenvalue weighted by Gasteiger charge is 2.09. The number of nitrogens with one attached hydrogen (secondary N) is 2. The van der Waals surface area contributed by atoms with E-state index in [1.165, 1.54) is 0 Å². The molecular formula is C14H10BrN3O. The molecular weight excluding hydrogens is 306 g/mol. The van der Waals surface area contributed by atoms with Gasteiger partial charge >= 0.3 is 0 Å². The summed E-state index contributed by atoms with van der Waals surface area (Å²) in [7, 11) is 0. The summed E-state index contributed by atoms with van der Waals surface area (Å²) in [5.41, 5.74) is 3.03. The fourth-order valence-corrected chi connectivity index (χ4v) is 2.22. The average molecular weight is 316 g/mol. The van der Waals surface area contributed by atoms with E-state index in [4.69, 9.17) is 0 Å².